The lowest BCUT2D eigenvalue weighted by Crippen LogP contribution is -2.26. The SMILES string of the molecule is O=C(N=Nc1c(O)[nH]c2ccc(F)cc12)/C(=C/C=C/c1ccccc1)NC(=O)c1ccccc1. The smallest absolute Gasteiger partial charge is 0.311 e. The summed E-state index contributed by atoms with van der Waals surface area (Å²) in [6.45, 7) is 0. The van der Waals surface area contributed by atoms with Crippen LogP contribution >= 0.6 is 0 Å². The first-order chi connectivity index (χ1) is 16.5. The van der Waals surface area contributed by atoms with Gasteiger partial charge in [-0.2, -0.15) is 0 Å². The van der Waals surface area contributed by atoms with Crippen LogP contribution < -0.4 is 5.32 Å². The number of nitrogens with one attached hydrogen (secondary N) is 2. The van der Waals surface area contributed by atoms with E-state index in [2.05, 4.69) is 20.5 Å². The molecule has 3 aromatic carbocycles. The number of hydrogen-bond donors (Lipinski definition) is 3. The minimum Gasteiger partial charge on any atom is -0.493 e. The number of carbonyl (C=O) groups excluding carboxylic acids is 2. The summed E-state index contributed by atoms with van der Waals surface area (Å²) < 4.78 is 13.6. The lowest BCUT2D eigenvalue weighted by molar-refractivity contribution is -0.115. The highest BCUT2D eigenvalue weighted by Gasteiger charge is 2.16. The van der Waals surface area contributed by atoms with E-state index in [9.17, 15) is 19.1 Å². The van der Waals surface area contributed by atoms with E-state index in [1.807, 2.05) is 30.3 Å². The Bertz CT molecular complexity index is 1420. The molecular formula is C26H19FN4O3. The maximum atomic E-state index is 13.6. The summed E-state index contributed by atoms with van der Waals surface area (Å²) in [4.78, 5) is 28.1. The van der Waals surface area contributed by atoms with Crippen LogP contribution in [0.4, 0.5) is 10.1 Å². The Balaban J connectivity index is 1.62. The lowest BCUT2D eigenvalue weighted by atomic mass is 10.2. The van der Waals surface area contributed by atoms with Crippen LogP contribution in [0, 0.1) is 5.82 Å². The predicted molar refractivity (Wildman–Crippen MR) is 127 cm³/mol. The van der Waals surface area contributed by atoms with Gasteiger partial charge in [0.05, 0.1) is 5.52 Å². The molecule has 0 radical (unpaired) electrons. The molecule has 0 aliphatic carbocycles. The first-order valence-electron chi connectivity index (χ1n) is 10.3. The molecule has 1 heterocycles. The van der Waals surface area contributed by atoms with Crippen LogP contribution in [-0.4, -0.2) is 21.9 Å². The van der Waals surface area contributed by atoms with Gasteiger partial charge in [-0.3, -0.25) is 9.59 Å². The van der Waals surface area contributed by atoms with Crippen LogP contribution in [0.2, 0.25) is 0 Å². The van der Waals surface area contributed by atoms with Crippen LogP contribution in [0.5, 0.6) is 5.88 Å². The molecule has 8 heteroatoms. The standard InChI is InChI=1S/C26H19FN4O3/c27-19-14-15-21-20(16-19)23(26(34)28-21)30-31-25(33)22(13-7-10-17-8-3-1-4-9-17)29-24(32)18-11-5-2-6-12-18/h1-16,28,34H,(H,29,32)/b10-7+,22-13-,31-30?. The number of allylic oxidation sites excluding steroid dienone is 2. The molecule has 7 nitrogen and oxygen atoms in total. The Morgan fingerprint density at radius 2 is 1.68 bits per heavy atom. The highest BCUT2D eigenvalue weighted by molar-refractivity contribution is 6.03. The molecule has 0 saturated carbocycles. The van der Waals surface area contributed by atoms with Crippen LogP contribution in [0.1, 0.15) is 15.9 Å². The summed E-state index contributed by atoms with van der Waals surface area (Å²) >= 11 is 0. The van der Waals surface area contributed by atoms with Gasteiger partial charge in [0.1, 0.15) is 11.5 Å². The first-order valence-corrected chi connectivity index (χ1v) is 10.3. The van der Waals surface area contributed by atoms with Gasteiger partial charge in [0, 0.05) is 10.9 Å². The van der Waals surface area contributed by atoms with Gasteiger partial charge < -0.3 is 15.4 Å². The number of benzene rings is 3. The van der Waals surface area contributed by atoms with E-state index in [-0.39, 0.29) is 22.7 Å². The Morgan fingerprint density at radius 1 is 0.971 bits per heavy atom. The maximum absolute atomic E-state index is 13.6. The topological polar surface area (TPSA) is 107 Å². The Labute approximate surface area is 194 Å². The quantitative estimate of drug-likeness (QED) is 0.199. The number of hydrogen-bond acceptors (Lipinski definition) is 4. The number of aromatic amines is 1. The zero-order chi connectivity index (χ0) is 23.9. The molecule has 0 fully saturated rings. The molecule has 168 valence electrons. The monoisotopic (exact) mass is 454 g/mol. The Kier molecular flexibility index (Phi) is 6.69. The molecule has 0 saturated heterocycles. The minimum absolute atomic E-state index is 0.0867. The second-order valence-electron chi connectivity index (χ2n) is 7.19. The van der Waals surface area contributed by atoms with Gasteiger partial charge in [-0.1, -0.05) is 60.7 Å². The van der Waals surface area contributed by atoms with Crippen LogP contribution in [0.25, 0.3) is 17.0 Å². The molecule has 1 aromatic heterocycles. The summed E-state index contributed by atoms with van der Waals surface area (Å²) in [6, 6.07) is 21.6. The van der Waals surface area contributed by atoms with E-state index < -0.39 is 17.6 Å². The predicted octanol–water partition coefficient (Wildman–Crippen LogP) is 5.65. The number of fused-ring (bicyclic) bond motifs is 1. The third-order valence-electron chi connectivity index (χ3n) is 4.82. The second-order valence-corrected chi connectivity index (χ2v) is 7.19. The molecule has 0 atom stereocenters. The van der Waals surface area contributed by atoms with Crippen LogP contribution in [0.3, 0.4) is 0 Å². The molecular weight excluding hydrogens is 435 g/mol. The highest BCUT2D eigenvalue weighted by Crippen LogP contribution is 2.35. The number of amides is 2. The summed E-state index contributed by atoms with van der Waals surface area (Å²) in [7, 11) is 0. The van der Waals surface area contributed by atoms with E-state index in [1.54, 1.807) is 42.5 Å². The fourth-order valence-corrected chi connectivity index (χ4v) is 3.16. The van der Waals surface area contributed by atoms with E-state index in [4.69, 9.17) is 0 Å². The van der Waals surface area contributed by atoms with Crippen molar-refractivity contribution in [1.82, 2.24) is 10.3 Å². The van der Waals surface area contributed by atoms with Crippen molar-refractivity contribution in [2.45, 2.75) is 0 Å². The van der Waals surface area contributed by atoms with Crippen molar-refractivity contribution in [3.05, 3.63) is 114 Å². The van der Waals surface area contributed by atoms with Crippen molar-refractivity contribution in [2.75, 3.05) is 0 Å². The highest BCUT2D eigenvalue weighted by atomic mass is 19.1. The van der Waals surface area contributed by atoms with Crippen molar-refractivity contribution in [2.24, 2.45) is 10.2 Å². The van der Waals surface area contributed by atoms with Gasteiger partial charge in [-0.25, -0.2) is 4.39 Å². The zero-order valence-electron chi connectivity index (χ0n) is 17.8. The third kappa shape index (κ3) is 5.31. The van der Waals surface area contributed by atoms with E-state index >= 15 is 0 Å². The molecule has 0 spiro atoms. The number of aromatic nitrogens is 1. The summed E-state index contributed by atoms with van der Waals surface area (Å²) in [5, 5.41) is 20.4. The number of H-pyrrole nitrogens is 1. The Morgan fingerprint density at radius 3 is 2.41 bits per heavy atom. The fraction of sp³-hybridized carbons (Fsp3) is 0. The van der Waals surface area contributed by atoms with Crippen LogP contribution in [-0.2, 0) is 4.79 Å². The molecule has 0 unspecified atom stereocenters. The maximum Gasteiger partial charge on any atom is 0.311 e. The fourth-order valence-electron chi connectivity index (χ4n) is 3.16. The minimum atomic E-state index is -0.854. The van der Waals surface area contributed by atoms with Gasteiger partial charge >= 0.3 is 5.91 Å². The van der Waals surface area contributed by atoms with Crippen molar-refractivity contribution >= 4 is 34.5 Å². The molecule has 0 bridgehead atoms. The van der Waals surface area contributed by atoms with Crippen molar-refractivity contribution < 1.29 is 19.1 Å². The van der Waals surface area contributed by atoms with Gasteiger partial charge in [-0.15, -0.1) is 10.2 Å². The van der Waals surface area contributed by atoms with E-state index in [1.165, 1.54) is 24.3 Å². The van der Waals surface area contributed by atoms with Crippen molar-refractivity contribution in [3.63, 3.8) is 0 Å². The summed E-state index contributed by atoms with van der Waals surface area (Å²) in [5.41, 5.74) is 1.47. The average molecular weight is 454 g/mol. The largest absolute Gasteiger partial charge is 0.493 e. The molecule has 3 N–H and O–H groups in total. The van der Waals surface area contributed by atoms with Gasteiger partial charge in [0.15, 0.2) is 5.69 Å². The summed E-state index contributed by atoms with van der Waals surface area (Å²) in [6.07, 6.45) is 4.76. The second kappa shape index (κ2) is 10.2. The van der Waals surface area contributed by atoms with Gasteiger partial charge in [0.25, 0.3) is 5.91 Å². The number of carbonyl (C=O) groups is 2. The van der Waals surface area contributed by atoms with Gasteiger partial charge in [-0.05, 0) is 42.0 Å². The van der Waals surface area contributed by atoms with Gasteiger partial charge in [0.2, 0.25) is 5.88 Å². The Hall–Kier alpha value is -4.85. The number of aromatic hydroxyl groups is 1. The first kappa shape index (κ1) is 22.3. The molecule has 0 aliphatic heterocycles. The zero-order valence-corrected chi connectivity index (χ0v) is 17.8. The molecule has 34 heavy (non-hydrogen) atoms. The molecule has 4 aromatic rings. The number of azo groups is 1. The third-order valence-corrected chi connectivity index (χ3v) is 4.82. The average Bonchev–Trinajstić information content (AvgIpc) is 3.17. The van der Waals surface area contributed by atoms with Crippen LogP contribution in [0.15, 0.2) is 107 Å². The lowest BCUT2D eigenvalue weighted by Gasteiger charge is -2.05. The number of nitrogens with zero attached hydrogens (tertiary/aromatic N) is 2. The van der Waals surface area contributed by atoms with Crippen molar-refractivity contribution in [1.29, 1.82) is 0 Å². The normalized spacial score (nSPS) is 12.0. The summed E-state index contributed by atoms with van der Waals surface area (Å²) in [5.74, 6) is -2.25. The van der Waals surface area contributed by atoms with Crippen molar-refractivity contribution in [3.8, 4) is 5.88 Å². The van der Waals surface area contributed by atoms with E-state index in [0.29, 0.717) is 11.1 Å². The number of halogens is 1. The van der Waals surface area contributed by atoms with E-state index in [0.717, 1.165) is 5.56 Å². The number of rotatable bonds is 6. The molecule has 2 amide bonds. The molecule has 0 aliphatic rings. The molecule has 4 rings (SSSR count).